The molecule has 1 rings (SSSR count). The molecule has 0 spiro atoms. The van der Waals surface area contributed by atoms with E-state index in [0.29, 0.717) is 12.4 Å². The summed E-state index contributed by atoms with van der Waals surface area (Å²) in [6, 6.07) is 2.70. The van der Waals surface area contributed by atoms with Gasteiger partial charge in [0, 0.05) is 12.6 Å². The lowest BCUT2D eigenvalue weighted by Crippen LogP contribution is -2.08. The van der Waals surface area contributed by atoms with Crippen molar-refractivity contribution in [3.05, 3.63) is 22.2 Å². The molecule has 76 valence electrons. The predicted molar refractivity (Wildman–Crippen MR) is 50.9 cm³/mol. The first kappa shape index (κ1) is 10.2. The molecule has 0 aliphatic heterocycles. The van der Waals surface area contributed by atoms with Gasteiger partial charge in [0.1, 0.15) is 5.82 Å². The van der Waals surface area contributed by atoms with Crippen molar-refractivity contribution in [2.75, 3.05) is 24.2 Å². The number of nitrogen functional groups attached to an aromatic ring is 1. The van der Waals surface area contributed by atoms with Gasteiger partial charge in [0.25, 0.3) is 0 Å². The third-order valence-corrected chi connectivity index (χ3v) is 1.52. The van der Waals surface area contributed by atoms with Crippen molar-refractivity contribution in [1.29, 1.82) is 0 Å². The maximum atomic E-state index is 10.4. The largest absolute Gasteiger partial charge is 0.395 e. The Morgan fingerprint density at radius 1 is 1.64 bits per heavy atom. The molecular weight excluding hydrogens is 188 g/mol. The lowest BCUT2D eigenvalue weighted by molar-refractivity contribution is -0.384. The third-order valence-electron chi connectivity index (χ3n) is 1.52. The summed E-state index contributed by atoms with van der Waals surface area (Å²) in [6.07, 6.45) is 0. The molecule has 7 heteroatoms. The molecule has 0 aromatic carbocycles. The number of aliphatic hydroxyl groups is 1. The number of nitrogens with one attached hydrogen (secondary N) is 1. The Morgan fingerprint density at radius 3 is 2.86 bits per heavy atom. The number of aliphatic hydroxyl groups excluding tert-OH is 1. The average molecular weight is 198 g/mol. The van der Waals surface area contributed by atoms with E-state index in [1.165, 1.54) is 12.1 Å². The van der Waals surface area contributed by atoms with Crippen LogP contribution < -0.4 is 11.1 Å². The Kier molecular flexibility index (Phi) is 3.19. The topological polar surface area (TPSA) is 114 Å². The van der Waals surface area contributed by atoms with Crippen molar-refractivity contribution >= 4 is 17.3 Å². The summed E-state index contributed by atoms with van der Waals surface area (Å²) in [5.74, 6) is 0.264. The monoisotopic (exact) mass is 198 g/mol. The molecule has 1 aromatic rings. The second-order valence-electron chi connectivity index (χ2n) is 2.51. The van der Waals surface area contributed by atoms with Gasteiger partial charge in [-0.1, -0.05) is 0 Å². The molecular formula is C7H10N4O3. The highest BCUT2D eigenvalue weighted by atomic mass is 16.6. The number of pyridine rings is 1. The van der Waals surface area contributed by atoms with Crippen molar-refractivity contribution in [3.8, 4) is 0 Å². The summed E-state index contributed by atoms with van der Waals surface area (Å²) < 4.78 is 0. The van der Waals surface area contributed by atoms with Gasteiger partial charge in [-0.25, -0.2) is 4.98 Å². The van der Waals surface area contributed by atoms with E-state index < -0.39 is 4.92 Å². The minimum Gasteiger partial charge on any atom is -0.395 e. The first-order valence-corrected chi connectivity index (χ1v) is 3.91. The van der Waals surface area contributed by atoms with Crippen LogP contribution >= 0.6 is 0 Å². The summed E-state index contributed by atoms with van der Waals surface area (Å²) in [7, 11) is 0. The number of nitrogens with two attached hydrogens (primary N) is 1. The van der Waals surface area contributed by atoms with Crippen LogP contribution in [0.5, 0.6) is 0 Å². The first-order chi connectivity index (χ1) is 6.65. The smallest absolute Gasteiger partial charge is 0.311 e. The fourth-order valence-electron chi connectivity index (χ4n) is 0.904. The van der Waals surface area contributed by atoms with Crippen molar-refractivity contribution in [2.24, 2.45) is 0 Å². The molecule has 0 atom stereocenters. The summed E-state index contributed by atoms with van der Waals surface area (Å²) in [4.78, 5) is 13.5. The number of hydrogen-bond acceptors (Lipinski definition) is 6. The molecule has 0 aliphatic rings. The SMILES string of the molecule is Nc1nc(NCCO)ccc1[N+](=O)[O-]. The van der Waals surface area contributed by atoms with Gasteiger partial charge >= 0.3 is 5.69 Å². The van der Waals surface area contributed by atoms with E-state index in [1.807, 2.05) is 0 Å². The minimum atomic E-state index is -0.599. The van der Waals surface area contributed by atoms with Crippen LogP contribution in [-0.2, 0) is 0 Å². The number of hydrogen-bond donors (Lipinski definition) is 3. The zero-order valence-electron chi connectivity index (χ0n) is 7.30. The fraction of sp³-hybridized carbons (Fsp3) is 0.286. The molecule has 1 aromatic heterocycles. The lowest BCUT2D eigenvalue weighted by atomic mass is 10.4. The van der Waals surface area contributed by atoms with Crippen LogP contribution in [0.3, 0.4) is 0 Å². The van der Waals surface area contributed by atoms with E-state index in [-0.39, 0.29) is 18.1 Å². The minimum absolute atomic E-state index is 0.0431. The Hall–Kier alpha value is -1.89. The van der Waals surface area contributed by atoms with Crippen LogP contribution in [0.15, 0.2) is 12.1 Å². The summed E-state index contributed by atoms with van der Waals surface area (Å²) >= 11 is 0. The van der Waals surface area contributed by atoms with Gasteiger partial charge in [0.2, 0.25) is 5.82 Å². The summed E-state index contributed by atoms with van der Waals surface area (Å²) in [6.45, 7) is 0.281. The van der Waals surface area contributed by atoms with Gasteiger partial charge in [0.05, 0.1) is 11.5 Å². The number of nitrogens with zero attached hydrogens (tertiary/aromatic N) is 2. The van der Waals surface area contributed by atoms with Crippen LogP contribution in [0.1, 0.15) is 0 Å². The molecule has 7 nitrogen and oxygen atoms in total. The molecule has 1 heterocycles. The average Bonchev–Trinajstić information content (AvgIpc) is 2.14. The maximum Gasteiger partial charge on any atom is 0.311 e. The third kappa shape index (κ3) is 2.30. The molecule has 0 unspecified atom stereocenters. The first-order valence-electron chi connectivity index (χ1n) is 3.91. The van der Waals surface area contributed by atoms with Gasteiger partial charge in [-0.2, -0.15) is 0 Å². The normalized spacial score (nSPS) is 9.79. The number of aromatic nitrogens is 1. The summed E-state index contributed by atoms with van der Waals surface area (Å²) in [5.41, 5.74) is 5.12. The van der Waals surface area contributed by atoms with Gasteiger partial charge < -0.3 is 16.2 Å². The van der Waals surface area contributed by atoms with E-state index in [1.54, 1.807) is 0 Å². The molecule has 0 bridgehead atoms. The van der Waals surface area contributed by atoms with Crippen LogP contribution in [-0.4, -0.2) is 28.2 Å². The lowest BCUT2D eigenvalue weighted by Gasteiger charge is -2.03. The quantitative estimate of drug-likeness (QED) is 0.462. The highest BCUT2D eigenvalue weighted by Crippen LogP contribution is 2.20. The van der Waals surface area contributed by atoms with E-state index >= 15 is 0 Å². The number of nitro groups is 1. The molecule has 0 amide bonds. The van der Waals surface area contributed by atoms with Crippen LogP contribution in [0.2, 0.25) is 0 Å². The van der Waals surface area contributed by atoms with Crippen molar-refractivity contribution in [1.82, 2.24) is 4.98 Å². The molecule has 0 fully saturated rings. The van der Waals surface area contributed by atoms with Crippen LogP contribution in [0, 0.1) is 10.1 Å². The number of rotatable bonds is 4. The van der Waals surface area contributed by atoms with Gasteiger partial charge in [0.15, 0.2) is 0 Å². The zero-order chi connectivity index (χ0) is 10.6. The number of anilines is 2. The Morgan fingerprint density at radius 2 is 2.36 bits per heavy atom. The van der Waals surface area contributed by atoms with Gasteiger partial charge in [-0.15, -0.1) is 0 Å². The van der Waals surface area contributed by atoms with E-state index in [2.05, 4.69) is 10.3 Å². The van der Waals surface area contributed by atoms with Crippen molar-refractivity contribution in [3.63, 3.8) is 0 Å². The Balaban J connectivity index is 2.83. The Labute approximate surface area is 79.7 Å². The second-order valence-corrected chi connectivity index (χ2v) is 2.51. The summed E-state index contributed by atoms with van der Waals surface area (Å²) in [5, 5.41) is 21.6. The van der Waals surface area contributed by atoms with Crippen molar-refractivity contribution in [2.45, 2.75) is 0 Å². The van der Waals surface area contributed by atoms with Crippen LogP contribution in [0.4, 0.5) is 17.3 Å². The highest BCUT2D eigenvalue weighted by molar-refractivity contribution is 5.57. The Bertz CT molecular complexity index is 342. The standard InChI is InChI=1S/C7H10N4O3/c8-7-5(11(13)14)1-2-6(10-7)9-3-4-12/h1-2,12H,3-4H2,(H3,8,9,10). The molecule has 14 heavy (non-hydrogen) atoms. The van der Waals surface area contributed by atoms with E-state index in [4.69, 9.17) is 10.8 Å². The molecule has 0 saturated carbocycles. The zero-order valence-corrected chi connectivity index (χ0v) is 7.30. The van der Waals surface area contributed by atoms with Crippen molar-refractivity contribution < 1.29 is 10.0 Å². The predicted octanol–water partition coefficient (Wildman–Crippen LogP) is -0.0238. The molecule has 0 radical (unpaired) electrons. The maximum absolute atomic E-state index is 10.4. The van der Waals surface area contributed by atoms with Gasteiger partial charge in [-0.3, -0.25) is 10.1 Å². The second kappa shape index (κ2) is 4.38. The van der Waals surface area contributed by atoms with Crippen LogP contribution in [0.25, 0.3) is 0 Å². The molecule has 0 aliphatic carbocycles. The fourth-order valence-corrected chi connectivity index (χ4v) is 0.904. The highest BCUT2D eigenvalue weighted by Gasteiger charge is 2.12. The van der Waals surface area contributed by atoms with E-state index in [0.717, 1.165) is 0 Å². The van der Waals surface area contributed by atoms with E-state index in [9.17, 15) is 10.1 Å². The van der Waals surface area contributed by atoms with Gasteiger partial charge in [-0.05, 0) is 6.07 Å². The molecule has 4 N–H and O–H groups in total. The molecule has 0 saturated heterocycles.